The summed E-state index contributed by atoms with van der Waals surface area (Å²) in [5.41, 5.74) is 0. The summed E-state index contributed by atoms with van der Waals surface area (Å²) in [6.45, 7) is 4.50. The van der Waals surface area contributed by atoms with Crippen LogP contribution in [0.2, 0.25) is 0 Å². The number of rotatable bonds is 67. The molecule has 95 heavy (non-hydrogen) atoms. The van der Waals surface area contributed by atoms with Crippen LogP contribution in [-0.4, -0.2) is 82.3 Å². The topological polar surface area (TPSA) is 111 Å². The van der Waals surface area contributed by atoms with E-state index >= 15 is 0 Å². The first kappa shape index (κ1) is 89.1. The summed E-state index contributed by atoms with van der Waals surface area (Å²) in [7, 11) is 5.92. The van der Waals surface area contributed by atoms with E-state index < -0.39 is 24.3 Å². The number of carboxylic acids is 1. The van der Waals surface area contributed by atoms with Gasteiger partial charge in [-0.25, -0.2) is 0 Å². The first-order valence-corrected chi connectivity index (χ1v) is 37.6. The highest BCUT2D eigenvalue weighted by atomic mass is 16.7. The van der Waals surface area contributed by atoms with Crippen molar-refractivity contribution in [1.29, 1.82) is 0 Å². The van der Waals surface area contributed by atoms with E-state index in [-0.39, 0.29) is 38.6 Å². The number of esters is 2. The Bertz CT molecular complexity index is 2270. The van der Waals surface area contributed by atoms with Crippen molar-refractivity contribution in [3.63, 3.8) is 0 Å². The van der Waals surface area contributed by atoms with Gasteiger partial charge < -0.3 is 33.3 Å². The smallest absolute Gasteiger partial charge is 0.306 e. The molecule has 0 saturated carbocycles. The molecule has 0 amide bonds. The molecule has 0 N–H and O–H groups in total. The molecule has 9 nitrogen and oxygen atoms in total. The van der Waals surface area contributed by atoms with Gasteiger partial charge in [-0.1, -0.05) is 311 Å². The van der Waals surface area contributed by atoms with E-state index in [4.69, 9.17) is 18.9 Å². The predicted octanol–water partition coefficient (Wildman–Crippen LogP) is 22.8. The molecule has 0 aromatic rings. The zero-order valence-electron chi connectivity index (χ0n) is 61.0. The fourth-order valence-electron chi connectivity index (χ4n) is 9.69. The summed E-state index contributed by atoms with van der Waals surface area (Å²) < 4.78 is 22.8. The molecule has 534 valence electrons. The lowest BCUT2D eigenvalue weighted by atomic mass is 10.0. The predicted molar refractivity (Wildman–Crippen MR) is 407 cm³/mol. The fourth-order valence-corrected chi connectivity index (χ4v) is 9.69. The summed E-state index contributed by atoms with van der Waals surface area (Å²) >= 11 is 0. The second-order valence-corrected chi connectivity index (χ2v) is 25.5. The summed E-state index contributed by atoms with van der Waals surface area (Å²) in [4.78, 5) is 37.6. The molecule has 9 heteroatoms. The molecule has 0 radical (unpaired) electrons. The van der Waals surface area contributed by atoms with Gasteiger partial charge in [0, 0.05) is 12.8 Å². The number of nitrogens with zero attached hydrogens (tertiary/aromatic N) is 1. The van der Waals surface area contributed by atoms with Crippen molar-refractivity contribution in [1.82, 2.24) is 0 Å². The minimum absolute atomic E-state index is 0.136. The van der Waals surface area contributed by atoms with Crippen LogP contribution in [0, 0.1) is 0 Å². The SMILES string of the molecule is CC/C=C\C/C=C\C/C=C\C/C=C\C/C=C\C/C=C\C/C=C\C/C=C\CCCCCCCCCCCCC(=O)OCC(COC(OCC[N+](C)(C)C)C(=O)[O-])OC(=O)CCCCCCCCCCCC/C=C\C/C=C\C/C=C\C/C=C\C/C=C\C/C=C\C/C=C\C/C=C\CC. The molecular weight excluding hydrogens is 1170 g/mol. The second-order valence-electron chi connectivity index (χ2n) is 25.5. The van der Waals surface area contributed by atoms with Gasteiger partial charge in [0.05, 0.1) is 40.3 Å². The van der Waals surface area contributed by atoms with Gasteiger partial charge >= 0.3 is 11.9 Å². The van der Waals surface area contributed by atoms with Gasteiger partial charge in [-0.15, -0.1) is 0 Å². The molecule has 0 spiro atoms. The fraction of sp³-hybridized carbons (Fsp3) is 0.593. The van der Waals surface area contributed by atoms with Crippen molar-refractivity contribution in [2.75, 3.05) is 47.5 Å². The zero-order chi connectivity index (χ0) is 69.0. The van der Waals surface area contributed by atoms with Crippen molar-refractivity contribution in [2.45, 2.75) is 283 Å². The Balaban J connectivity index is 4.18. The van der Waals surface area contributed by atoms with E-state index in [0.717, 1.165) is 161 Å². The molecule has 0 aliphatic rings. The van der Waals surface area contributed by atoms with E-state index in [1.807, 2.05) is 21.1 Å². The Morgan fingerprint density at radius 3 is 0.842 bits per heavy atom. The van der Waals surface area contributed by atoms with Gasteiger partial charge in [-0.3, -0.25) is 9.59 Å². The maximum absolute atomic E-state index is 13.0. The van der Waals surface area contributed by atoms with Crippen LogP contribution in [0.3, 0.4) is 0 Å². The average molecular weight is 1310 g/mol. The average Bonchev–Trinajstić information content (AvgIpc) is 2.94. The van der Waals surface area contributed by atoms with Crippen LogP contribution in [-0.2, 0) is 33.3 Å². The third kappa shape index (κ3) is 75.4. The molecule has 0 rings (SSSR count). The van der Waals surface area contributed by atoms with Crippen molar-refractivity contribution in [2.24, 2.45) is 0 Å². The lowest BCUT2D eigenvalue weighted by Gasteiger charge is -2.26. The maximum Gasteiger partial charge on any atom is 0.306 e. The molecular formula is C86H137NO8. The van der Waals surface area contributed by atoms with Gasteiger partial charge in [-0.2, -0.15) is 0 Å². The number of likely N-dealkylation sites (N-methyl/N-ethyl adjacent to an activating group) is 1. The summed E-state index contributed by atoms with van der Waals surface area (Å²) in [5.74, 6) is -2.31. The highest BCUT2D eigenvalue weighted by molar-refractivity contribution is 5.70. The number of carbonyl (C=O) groups is 3. The number of quaternary nitrogens is 1. The Morgan fingerprint density at radius 2 is 0.568 bits per heavy atom. The molecule has 0 aromatic carbocycles. The lowest BCUT2D eigenvalue weighted by molar-refractivity contribution is -0.870. The van der Waals surface area contributed by atoms with Crippen LogP contribution < -0.4 is 5.11 Å². The number of allylic oxidation sites excluding steroid dienone is 32. The first-order chi connectivity index (χ1) is 46.6. The number of unbranched alkanes of at least 4 members (excludes halogenated alkanes) is 20. The van der Waals surface area contributed by atoms with Crippen LogP contribution >= 0.6 is 0 Å². The Labute approximate surface area is 582 Å². The standard InChI is InChI=1S/C86H137NO8/c1-6-8-10-12-14-16-18-20-22-24-26-28-30-32-34-36-38-40-42-44-46-48-50-52-54-56-58-60-62-64-66-68-70-72-74-76-83(88)93-80-82(81-94-86(85(90)91)92-79-78-87(3,4)5)95-84(89)77-75-73-71-69-67-65-63-61-59-57-55-53-51-49-47-45-43-41-39-37-35-33-31-29-27-25-23-21-19-17-15-13-11-9-7-2/h8-11,14-17,20-23,26-29,32-35,38-41,44-47,50-53,82,86H,6-7,12-13,18-19,24-25,30-31,36-37,42-43,48-49,54-81H2,1-5H3/b10-8-,11-9-,16-14-,17-15-,22-20-,23-21-,28-26-,29-27-,34-32-,35-33-,40-38-,41-39-,46-44-,47-45-,52-50-,53-51-. The molecule has 0 aliphatic heterocycles. The monoisotopic (exact) mass is 1310 g/mol. The normalized spacial score (nSPS) is 13.8. The van der Waals surface area contributed by atoms with E-state index in [1.165, 1.54) is 77.0 Å². The van der Waals surface area contributed by atoms with Gasteiger partial charge in [0.15, 0.2) is 12.4 Å². The Morgan fingerprint density at radius 1 is 0.316 bits per heavy atom. The minimum atomic E-state index is -1.64. The van der Waals surface area contributed by atoms with E-state index in [0.29, 0.717) is 17.4 Å². The number of aliphatic carboxylic acids is 1. The molecule has 0 aromatic heterocycles. The van der Waals surface area contributed by atoms with Crippen LogP contribution in [0.4, 0.5) is 0 Å². The number of ether oxygens (including phenoxy) is 4. The highest BCUT2D eigenvalue weighted by Gasteiger charge is 2.22. The third-order valence-electron chi connectivity index (χ3n) is 15.3. The molecule has 0 aliphatic carbocycles. The molecule has 2 unspecified atom stereocenters. The molecule has 0 fully saturated rings. The third-order valence-corrected chi connectivity index (χ3v) is 15.3. The van der Waals surface area contributed by atoms with Crippen molar-refractivity contribution in [3.8, 4) is 0 Å². The quantitative estimate of drug-likeness (QED) is 0.0195. The van der Waals surface area contributed by atoms with Gasteiger partial charge in [0.2, 0.25) is 0 Å². The van der Waals surface area contributed by atoms with Gasteiger partial charge in [-0.05, 0) is 141 Å². The largest absolute Gasteiger partial charge is 0.545 e. The number of hydrogen-bond acceptors (Lipinski definition) is 8. The molecule has 2 atom stereocenters. The minimum Gasteiger partial charge on any atom is -0.545 e. The summed E-state index contributed by atoms with van der Waals surface area (Å²) in [5, 5.41) is 11.9. The highest BCUT2D eigenvalue weighted by Crippen LogP contribution is 2.16. The van der Waals surface area contributed by atoms with Crippen molar-refractivity contribution < 1.29 is 42.9 Å². The second kappa shape index (κ2) is 73.9. The van der Waals surface area contributed by atoms with Crippen LogP contribution in [0.15, 0.2) is 194 Å². The number of carboxylic acid groups (broad SMARTS) is 1. The van der Waals surface area contributed by atoms with Crippen molar-refractivity contribution in [3.05, 3.63) is 194 Å². The van der Waals surface area contributed by atoms with Crippen LogP contribution in [0.25, 0.3) is 0 Å². The lowest BCUT2D eigenvalue weighted by Crippen LogP contribution is -2.44. The van der Waals surface area contributed by atoms with Gasteiger partial charge in [0.1, 0.15) is 13.2 Å². The summed E-state index contributed by atoms with van der Waals surface area (Å²) in [6, 6.07) is 0. The summed E-state index contributed by atoms with van der Waals surface area (Å²) in [6.07, 6.45) is 111. The van der Waals surface area contributed by atoms with Gasteiger partial charge in [0.25, 0.3) is 0 Å². The molecule has 0 saturated heterocycles. The first-order valence-electron chi connectivity index (χ1n) is 37.6. The van der Waals surface area contributed by atoms with Crippen molar-refractivity contribution >= 4 is 17.9 Å². The number of hydrogen-bond donors (Lipinski definition) is 0. The Hall–Kier alpha value is -5.87. The molecule has 0 bridgehead atoms. The molecule has 0 heterocycles. The van der Waals surface area contributed by atoms with E-state index in [9.17, 15) is 19.5 Å². The zero-order valence-corrected chi connectivity index (χ0v) is 61.0. The van der Waals surface area contributed by atoms with Crippen LogP contribution in [0.1, 0.15) is 271 Å². The maximum atomic E-state index is 13.0. The Kier molecular flexibility index (Phi) is 69.4. The van der Waals surface area contributed by atoms with E-state index in [2.05, 4.69) is 208 Å². The van der Waals surface area contributed by atoms with E-state index in [1.54, 1.807) is 0 Å². The van der Waals surface area contributed by atoms with Crippen LogP contribution in [0.5, 0.6) is 0 Å². The number of carbonyl (C=O) groups excluding carboxylic acids is 3.